The van der Waals surface area contributed by atoms with Crippen molar-refractivity contribution in [1.82, 2.24) is 0 Å². The maximum Gasteiger partial charge on any atom is 0.421 e. The molecule has 1 aromatic rings. The molecule has 1 radical (unpaired) electrons. The van der Waals surface area contributed by atoms with Crippen LogP contribution in [0.2, 0.25) is 5.02 Å². The van der Waals surface area contributed by atoms with Crippen LogP contribution in [0.1, 0.15) is 5.56 Å². The highest BCUT2D eigenvalue weighted by Crippen LogP contribution is 2.56. The highest BCUT2D eigenvalue weighted by Gasteiger charge is 2.49. The standard InChI is InChI=1S/C11H8ClF3N3O6/c1-2-23-10-5(11(13,14)15)6(12)7(17(19)20)8(9(10)18(21)22)16-3-4-24-16/h1-4H2. The SMILES string of the molecule is [CH2]COc1c([N+](=O)[O-])c(N2CCO2)c([N+](=O)[O-])c(Cl)c1C(F)(F)F. The van der Waals surface area contributed by atoms with Gasteiger partial charge >= 0.3 is 17.6 Å². The Morgan fingerprint density at radius 1 is 1.29 bits per heavy atom. The van der Waals surface area contributed by atoms with Crippen molar-refractivity contribution in [3.05, 3.63) is 37.7 Å². The maximum atomic E-state index is 13.3. The summed E-state index contributed by atoms with van der Waals surface area (Å²) in [6, 6.07) is 0. The minimum absolute atomic E-state index is 0.00676. The van der Waals surface area contributed by atoms with Gasteiger partial charge in [0.15, 0.2) is 0 Å². The Bertz CT molecular complexity index is 707. The normalized spacial score (nSPS) is 14.3. The van der Waals surface area contributed by atoms with Gasteiger partial charge in [0.05, 0.1) is 29.6 Å². The van der Waals surface area contributed by atoms with Crippen LogP contribution < -0.4 is 9.80 Å². The van der Waals surface area contributed by atoms with Crippen LogP contribution in [0, 0.1) is 27.2 Å². The molecule has 0 unspecified atom stereocenters. The van der Waals surface area contributed by atoms with Crippen molar-refractivity contribution in [3.63, 3.8) is 0 Å². The van der Waals surface area contributed by atoms with E-state index in [9.17, 15) is 33.4 Å². The summed E-state index contributed by atoms with van der Waals surface area (Å²) in [6.07, 6.45) is -5.23. The van der Waals surface area contributed by atoms with Gasteiger partial charge in [-0.25, -0.2) is 5.06 Å². The lowest BCUT2D eigenvalue weighted by molar-refractivity contribution is -0.394. The first kappa shape index (κ1) is 18.0. The molecular formula is C11H8ClF3N3O6. The third-order valence-electron chi connectivity index (χ3n) is 3.00. The number of alkyl halides is 3. The van der Waals surface area contributed by atoms with Gasteiger partial charge < -0.3 is 4.74 Å². The molecule has 1 saturated heterocycles. The first-order valence-electron chi connectivity index (χ1n) is 6.19. The van der Waals surface area contributed by atoms with E-state index in [4.69, 9.17) is 16.4 Å². The van der Waals surface area contributed by atoms with Crippen LogP contribution in [0.3, 0.4) is 0 Å². The van der Waals surface area contributed by atoms with Crippen molar-refractivity contribution in [1.29, 1.82) is 0 Å². The van der Waals surface area contributed by atoms with Crippen LogP contribution in [0.5, 0.6) is 5.75 Å². The summed E-state index contributed by atoms with van der Waals surface area (Å²) in [5.74, 6) is -1.25. The predicted octanol–water partition coefficient (Wildman–Crippen LogP) is 3.14. The molecule has 0 aliphatic carbocycles. The second kappa shape index (κ2) is 6.28. The number of nitro benzene ring substituents is 2. The van der Waals surface area contributed by atoms with E-state index in [1.807, 2.05) is 0 Å². The molecule has 13 heteroatoms. The average molecular weight is 371 g/mol. The number of anilines is 1. The van der Waals surface area contributed by atoms with Gasteiger partial charge in [0.25, 0.3) is 0 Å². The van der Waals surface area contributed by atoms with Gasteiger partial charge in [0.1, 0.15) is 10.6 Å². The van der Waals surface area contributed by atoms with E-state index in [1.54, 1.807) is 0 Å². The van der Waals surface area contributed by atoms with Gasteiger partial charge in [-0.15, -0.1) is 0 Å². The van der Waals surface area contributed by atoms with E-state index in [2.05, 4.69) is 11.7 Å². The molecule has 9 nitrogen and oxygen atoms in total. The molecular weight excluding hydrogens is 363 g/mol. The molecule has 0 N–H and O–H groups in total. The zero-order chi connectivity index (χ0) is 18.2. The van der Waals surface area contributed by atoms with Gasteiger partial charge in [-0.1, -0.05) is 11.6 Å². The van der Waals surface area contributed by atoms with Crippen LogP contribution >= 0.6 is 11.6 Å². The number of hydrogen-bond acceptors (Lipinski definition) is 7. The lowest BCUT2D eigenvalue weighted by atomic mass is 10.1. The van der Waals surface area contributed by atoms with Crippen LogP contribution in [0.15, 0.2) is 0 Å². The number of nitrogens with zero attached hydrogens (tertiary/aromatic N) is 3. The monoisotopic (exact) mass is 370 g/mol. The number of ether oxygens (including phenoxy) is 1. The fourth-order valence-electron chi connectivity index (χ4n) is 2.09. The largest absolute Gasteiger partial charge is 0.486 e. The first-order chi connectivity index (χ1) is 11.1. The molecule has 0 aromatic heterocycles. The lowest BCUT2D eigenvalue weighted by Crippen LogP contribution is -2.40. The smallest absolute Gasteiger partial charge is 0.421 e. The maximum absolute atomic E-state index is 13.3. The van der Waals surface area contributed by atoms with Crippen molar-refractivity contribution >= 4 is 28.7 Å². The van der Waals surface area contributed by atoms with Crippen LogP contribution in [0.4, 0.5) is 30.2 Å². The fourth-order valence-corrected chi connectivity index (χ4v) is 2.44. The van der Waals surface area contributed by atoms with Gasteiger partial charge in [-0.05, 0) is 6.92 Å². The van der Waals surface area contributed by atoms with Gasteiger partial charge in [0, 0.05) is 0 Å². The molecule has 0 amide bonds. The summed E-state index contributed by atoms with van der Waals surface area (Å²) in [7, 11) is 0. The van der Waals surface area contributed by atoms with Crippen LogP contribution in [-0.4, -0.2) is 29.6 Å². The second-order valence-corrected chi connectivity index (χ2v) is 4.74. The number of benzene rings is 1. The van der Waals surface area contributed by atoms with E-state index >= 15 is 0 Å². The second-order valence-electron chi connectivity index (χ2n) is 4.36. The van der Waals surface area contributed by atoms with Gasteiger partial charge in [-0.2, -0.15) is 13.2 Å². The third kappa shape index (κ3) is 2.89. The molecule has 131 valence electrons. The summed E-state index contributed by atoms with van der Waals surface area (Å²) >= 11 is 5.57. The summed E-state index contributed by atoms with van der Waals surface area (Å²) in [5, 5.41) is 21.9. The van der Waals surface area contributed by atoms with E-state index in [0.29, 0.717) is 0 Å². The molecule has 1 heterocycles. The Hall–Kier alpha value is -2.34. The van der Waals surface area contributed by atoms with E-state index in [-0.39, 0.29) is 13.2 Å². The molecule has 1 aromatic carbocycles. The Morgan fingerprint density at radius 3 is 2.17 bits per heavy atom. The average Bonchev–Trinajstić information content (AvgIpc) is 2.33. The molecule has 24 heavy (non-hydrogen) atoms. The highest BCUT2D eigenvalue weighted by molar-refractivity contribution is 6.34. The number of nitro groups is 2. The molecule has 0 saturated carbocycles. The minimum Gasteiger partial charge on any atom is -0.486 e. The zero-order valence-electron chi connectivity index (χ0n) is 11.6. The fraction of sp³-hybridized carbons (Fsp3) is 0.364. The molecule has 1 fully saturated rings. The van der Waals surface area contributed by atoms with Crippen molar-refractivity contribution in [3.8, 4) is 5.75 Å². The summed E-state index contributed by atoms with van der Waals surface area (Å²) in [6.45, 7) is 2.64. The number of hydroxylamine groups is 1. The number of halogens is 4. The number of rotatable bonds is 5. The van der Waals surface area contributed by atoms with E-state index in [1.165, 1.54) is 0 Å². The Kier molecular flexibility index (Phi) is 4.71. The number of hydrogen-bond donors (Lipinski definition) is 0. The third-order valence-corrected chi connectivity index (χ3v) is 3.37. The van der Waals surface area contributed by atoms with Crippen molar-refractivity contribution in [2.45, 2.75) is 6.18 Å². The lowest BCUT2D eigenvalue weighted by Gasteiger charge is -2.31. The van der Waals surface area contributed by atoms with Gasteiger partial charge in [0.2, 0.25) is 11.4 Å². The molecule has 2 rings (SSSR count). The minimum atomic E-state index is -5.23. The topological polar surface area (TPSA) is 108 Å². The highest BCUT2D eigenvalue weighted by atomic mass is 35.5. The van der Waals surface area contributed by atoms with E-state index < -0.39 is 56.0 Å². The van der Waals surface area contributed by atoms with Crippen molar-refractivity contribution in [2.24, 2.45) is 0 Å². The molecule has 0 atom stereocenters. The summed E-state index contributed by atoms with van der Waals surface area (Å²) < 4.78 is 44.5. The van der Waals surface area contributed by atoms with Gasteiger partial charge in [-0.3, -0.25) is 25.1 Å². The van der Waals surface area contributed by atoms with Crippen LogP contribution in [0.25, 0.3) is 0 Å². The van der Waals surface area contributed by atoms with E-state index in [0.717, 1.165) is 5.06 Å². The summed E-state index contributed by atoms with van der Waals surface area (Å²) in [5.41, 5.74) is -5.17. The summed E-state index contributed by atoms with van der Waals surface area (Å²) in [4.78, 5) is 24.9. The molecule has 1 aliphatic heterocycles. The Labute approximate surface area is 136 Å². The van der Waals surface area contributed by atoms with Crippen molar-refractivity contribution < 1.29 is 32.6 Å². The van der Waals surface area contributed by atoms with Crippen molar-refractivity contribution in [2.75, 3.05) is 24.8 Å². The zero-order valence-corrected chi connectivity index (χ0v) is 12.4. The first-order valence-corrected chi connectivity index (χ1v) is 6.57. The quantitative estimate of drug-likeness (QED) is 0.578. The Morgan fingerprint density at radius 2 is 1.83 bits per heavy atom. The molecule has 0 bridgehead atoms. The molecule has 0 spiro atoms. The Balaban J connectivity index is 2.98. The predicted molar refractivity (Wildman–Crippen MR) is 73.9 cm³/mol. The van der Waals surface area contributed by atoms with Crippen LogP contribution in [-0.2, 0) is 11.0 Å². The molecule has 1 aliphatic rings.